The Labute approximate surface area is 191 Å². The van der Waals surface area contributed by atoms with E-state index in [9.17, 15) is 4.79 Å². The molecule has 7 heteroatoms. The molecule has 2 aromatic carbocycles. The van der Waals surface area contributed by atoms with Crippen LogP contribution in [0.5, 0.6) is 5.75 Å². The molecule has 0 unspecified atom stereocenters. The summed E-state index contributed by atoms with van der Waals surface area (Å²) >= 11 is 11.6. The number of rotatable bonds is 5. The molecule has 0 atom stereocenters. The first-order valence-corrected chi connectivity index (χ1v) is 10.5. The number of nitrogens with zero attached hydrogens (tertiary/aromatic N) is 1. The Balaban J connectivity index is 1.47. The van der Waals surface area contributed by atoms with Gasteiger partial charge in [-0.3, -0.25) is 9.69 Å². The zero-order valence-electron chi connectivity index (χ0n) is 17.4. The average Bonchev–Trinajstić information content (AvgIpc) is 3.28. The Hall–Kier alpha value is -3.09. The van der Waals surface area contributed by atoms with Crippen LogP contribution in [0.1, 0.15) is 28.2 Å². The second-order valence-electron chi connectivity index (χ2n) is 7.43. The lowest BCUT2D eigenvalue weighted by atomic mass is 10.1. The number of carbonyl (C=O) groups is 1. The van der Waals surface area contributed by atoms with Crippen LogP contribution in [0.2, 0.25) is 5.02 Å². The van der Waals surface area contributed by atoms with Gasteiger partial charge in [0.25, 0.3) is 5.91 Å². The van der Waals surface area contributed by atoms with E-state index in [0.29, 0.717) is 22.3 Å². The fraction of sp³-hybridized carbons (Fsp3) is 0.167. The van der Waals surface area contributed by atoms with Crippen molar-refractivity contribution >= 4 is 46.6 Å². The fourth-order valence-electron chi connectivity index (χ4n) is 3.37. The fourth-order valence-corrected chi connectivity index (χ4v) is 3.78. The van der Waals surface area contributed by atoms with Crippen molar-refractivity contribution in [1.29, 1.82) is 0 Å². The van der Waals surface area contributed by atoms with Gasteiger partial charge < -0.3 is 14.5 Å². The van der Waals surface area contributed by atoms with Crippen molar-refractivity contribution in [2.45, 2.75) is 27.4 Å². The Morgan fingerprint density at radius 3 is 2.58 bits per heavy atom. The van der Waals surface area contributed by atoms with E-state index < -0.39 is 0 Å². The highest BCUT2D eigenvalue weighted by molar-refractivity contribution is 7.80. The number of aryl methyl sites for hydroxylation is 3. The van der Waals surface area contributed by atoms with Gasteiger partial charge in [0.05, 0.1) is 5.69 Å². The van der Waals surface area contributed by atoms with Gasteiger partial charge in [-0.1, -0.05) is 23.7 Å². The third-order valence-electron chi connectivity index (χ3n) is 4.90. The molecule has 0 radical (unpaired) electrons. The number of hydrogen-bond acceptors (Lipinski definition) is 4. The highest BCUT2D eigenvalue weighted by atomic mass is 35.5. The first-order valence-electron chi connectivity index (χ1n) is 9.74. The van der Waals surface area contributed by atoms with E-state index in [2.05, 4.69) is 5.32 Å². The molecular weight excluding hydrogens is 432 g/mol. The van der Waals surface area contributed by atoms with E-state index in [4.69, 9.17) is 33.0 Å². The molecule has 0 saturated carbocycles. The smallest absolute Gasteiger partial charge is 0.281 e. The molecule has 1 N–H and O–H groups in total. The van der Waals surface area contributed by atoms with Crippen LogP contribution in [0, 0.1) is 20.8 Å². The lowest BCUT2D eigenvalue weighted by molar-refractivity contribution is -0.113. The molecule has 0 spiro atoms. The van der Waals surface area contributed by atoms with Gasteiger partial charge in [0.1, 0.15) is 29.6 Å². The van der Waals surface area contributed by atoms with Gasteiger partial charge in [-0.05, 0) is 86.1 Å². The monoisotopic (exact) mass is 452 g/mol. The number of halogens is 1. The number of ether oxygens (including phenoxy) is 1. The van der Waals surface area contributed by atoms with Crippen molar-refractivity contribution in [1.82, 2.24) is 5.32 Å². The molecule has 1 amide bonds. The van der Waals surface area contributed by atoms with Crippen LogP contribution < -0.4 is 15.0 Å². The van der Waals surface area contributed by atoms with Crippen molar-refractivity contribution in [3.63, 3.8) is 0 Å². The number of thiocarbonyl (C=S) groups is 1. The lowest BCUT2D eigenvalue weighted by Gasteiger charge is -2.14. The number of furan rings is 1. The summed E-state index contributed by atoms with van der Waals surface area (Å²) in [5.41, 5.74) is 4.06. The van der Waals surface area contributed by atoms with Crippen molar-refractivity contribution in [2.75, 3.05) is 4.90 Å². The van der Waals surface area contributed by atoms with Crippen LogP contribution in [0.4, 0.5) is 5.69 Å². The molecule has 31 heavy (non-hydrogen) atoms. The summed E-state index contributed by atoms with van der Waals surface area (Å²) < 4.78 is 11.6. The quantitative estimate of drug-likeness (QED) is 0.397. The van der Waals surface area contributed by atoms with Gasteiger partial charge in [0.2, 0.25) is 0 Å². The third kappa shape index (κ3) is 4.50. The zero-order valence-corrected chi connectivity index (χ0v) is 18.9. The maximum atomic E-state index is 12.9. The van der Waals surface area contributed by atoms with Gasteiger partial charge in [0, 0.05) is 11.1 Å². The molecule has 1 aliphatic heterocycles. The van der Waals surface area contributed by atoms with Crippen LogP contribution in [-0.4, -0.2) is 11.0 Å². The van der Waals surface area contributed by atoms with Crippen LogP contribution in [0.25, 0.3) is 6.08 Å². The minimum Gasteiger partial charge on any atom is -0.486 e. The van der Waals surface area contributed by atoms with Crippen LogP contribution >= 0.6 is 23.8 Å². The SMILES string of the molecule is Cc1cccc(N2C(=O)/C(=C\c3ccc(COc4cc(C)c(Cl)c(C)c4)o3)NC2=S)c1. The maximum absolute atomic E-state index is 12.9. The van der Waals surface area contributed by atoms with Crippen LogP contribution in [-0.2, 0) is 11.4 Å². The Kier molecular flexibility index (Phi) is 5.85. The summed E-state index contributed by atoms with van der Waals surface area (Å²) in [6.45, 7) is 6.11. The van der Waals surface area contributed by atoms with E-state index in [1.807, 2.05) is 63.2 Å². The van der Waals surface area contributed by atoms with Crippen molar-refractivity contribution in [3.8, 4) is 5.75 Å². The van der Waals surface area contributed by atoms with Gasteiger partial charge >= 0.3 is 0 Å². The number of hydrogen-bond donors (Lipinski definition) is 1. The Morgan fingerprint density at radius 2 is 1.87 bits per heavy atom. The molecule has 0 aliphatic carbocycles. The van der Waals surface area contributed by atoms with Crippen molar-refractivity contribution in [2.24, 2.45) is 0 Å². The van der Waals surface area contributed by atoms with Crippen molar-refractivity contribution < 1.29 is 13.9 Å². The summed E-state index contributed by atoms with van der Waals surface area (Å²) in [6.07, 6.45) is 1.64. The average molecular weight is 453 g/mol. The number of amides is 1. The predicted octanol–water partition coefficient (Wildman–Crippen LogP) is 5.70. The zero-order chi connectivity index (χ0) is 22.1. The van der Waals surface area contributed by atoms with Gasteiger partial charge in [-0.2, -0.15) is 0 Å². The summed E-state index contributed by atoms with van der Waals surface area (Å²) in [4.78, 5) is 14.3. The molecule has 2 heterocycles. The van der Waals surface area contributed by atoms with Gasteiger partial charge in [-0.25, -0.2) is 0 Å². The minimum atomic E-state index is -0.225. The number of anilines is 1. The first kappa shape index (κ1) is 21.2. The van der Waals surface area contributed by atoms with Gasteiger partial charge in [-0.15, -0.1) is 0 Å². The molecule has 1 fully saturated rings. The molecule has 5 nitrogen and oxygen atoms in total. The molecule has 4 rings (SSSR count). The summed E-state index contributed by atoms with van der Waals surface area (Å²) in [6, 6.07) is 15.0. The first-order chi connectivity index (χ1) is 14.8. The molecule has 0 bridgehead atoms. The highest BCUT2D eigenvalue weighted by Gasteiger charge is 2.32. The predicted molar refractivity (Wildman–Crippen MR) is 126 cm³/mol. The summed E-state index contributed by atoms with van der Waals surface area (Å²) in [7, 11) is 0. The number of benzene rings is 2. The summed E-state index contributed by atoms with van der Waals surface area (Å²) in [5, 5.41) is 4.05. The topological polar surface area (TPSA) is 54.7 Å². The minimum absolute atomic E-state index is 0.225. The van der Waals surface area contributed by atoms with Crippen LogP contribution in [0.15, 0.2) is 58.6 Å². The normalized spacial score (nSPS) is 15.0. The molecule has 1 saturated heterocycles. The standard InChI is InChI=1S/C24H21ClN2O3S/c1-14-5-4-6-17(9-14)27-23(28)21(26-24(27)31)12-18-7-8-19(30-18)13-29-20-10-15(2)22(25)16(3)11-20/h4-12H,13H2,1-3H3,(H,26,31)/b21-12+. The van der Waals surface area contributed by atoms with E-state index in [1.165, 1.54) is 4.90 Å². The summed E-state index contributed by atoms with van der Waals surface area (Å²) in [5.74, 6) is 1.67. The second kappa shape index (κ2) is 8.57. The molecule has 3 aromatic rings. The number of nitrogens with one attached hydrogen (secondary N) is 1. The van der Waals surface area contributed by atoms with E-state index >= 15 is 0 Å². The molecular formula is C24H21ClN2O3S. The largest absolute Gasteiger partial charge is 0.486 e. The van der Waals surface area contributed by atoms with Crippen molar-refractivity contribution in [3.05, 3.63) is 87.5 Å². The van der Waals surface area contributed by atoms with Gasteiger partial charge in [0.15, 0.2) is 5.11 Å². The Bertz CT molecular complexity index is 1190. The molecule has 1 aliphatic rings. The van der Waals surface area contributed by atoms with E-state index in [-0.39, 0.29) is 12.5 Å². The van der Waals surface area contributed by atoms with E-state index in [1.54, 1.807) is 12.1 Å². The molecule has 158 valence electrons. The van der Waals surface area contributed by atoms with Crippen LogP contribution in [0.3, 0.4) is 0 Å². The van der Waals surface area contributed by atoms with E-state index in [0.717, 1.165) is 33.1 Å². The number of carbonyl (C=O) groups excluding carboxylic acids is 1. The third-order valence-corrected chi connectivity index (χ3v) is 5.78. The second-order valence-corrected chi connectivity index (χ2v) is 8.20. The Morgan fingerprint density at radius 1 is 1.13 bits per heavy atom. The maximum Gasteiger partial charge on any atom is 0.281 e. The highest BCUT2D eigenvalue weighted by Crippen LogP contribution is 2.27. The lowest BCUT2D eigenvalue weighted by Crippen LogP contribution is -2.30. The molecule has 1 aromatic heterocycles.